The minimum atomic E-state index is -5.08. The Morgan fingerprint density at radius 1 is 1.08 bits per heavy atom. The maximum absolute atomic E-state index is 12.6. The van der Waals surface area contributed by atoms with Crippen molar-refractivity contribution in [3.05, 3.63) is 59.4 Å². The van der Waals surface area contributed by atoms with Gasteiger partial charge in [0.25, 0.3) is 0 Å². The molecule has 1 aromatic carbocycles. The molecule has 2 rings (SSSR count). The molecule has 0 bridgehead atoms. The minimum absolute atomic E-state index is 0.0584. The fourth-order valence-corrected chi connectivity index (χ4v) is 1.82. The topological polar surface area (TPSA) is 106 Å². The smallest absolute Gasteiger partial charge is 0.478 e. The average molecular weight is 357 g/mol. The largest absolute Gasteiger partial charge is 0.525 e. The van der Waals surface area contributed by atoms with Crippen molar-refractivity contribution in [3.63, 3.8) is 0 Å². The maximum Gasteiger partial charge on any atom is 0.525 e. The van der Waals surface area contributed by atoms with Gasteiger partial charge in [0.05, 0.1) is 5.56 Å². The molecular formula is C15H10F3NO6. The van der Waals surface area contributed by atoms with E-state index < -0.39 is 41.6 Å². The fourth-order valence-electron chi connectivity index (χ4n) is 1.82. The molecule has 0 radical (unpaired) electrons. The van der Waals surface area contributed by atoms with Gasteiger partial charge in [-0.3, -0.25) is 0 Å². The van der Waals surface area contributed by atoms with E-state index in [1.807, 2.05) is 0 Å². The summed E-state index contributed by atoms with van der Waals surface area (Å²) in [6, 6.07) is 7.69. The highest BCUT2D eigenvalue weighted by atomic mass is 19.4. The first-order chi connectivity index (χ1) is 11.7. The van der Waals surface area contributed by atoms with Gasteiger partial charge in [-0.1, -0.05) is 30.3 Å². The molecule has 1 aromatic heterocycles. The van der Waals surface area contributed by atoms with Gasteiger partial charge in [0.1, 0.15) is 0 Å². The minimum Gasteiger partial charge on any atom is -0.478 e. The van der Waals surface area contributed by atoms with E-state index in [-0.39, 0.29) is 5.56 Å². The van der Waals surface area contributed by atoms with Crippen LogP contribution in [-0.4, -0.2) is 33.5 Å². The van der Waals surface area contributed by atoms with Gasteiger partial charge >= 0.3 is 18.3 Å². The van der Waals surface area contributed by atoms with Gasteiger partial charge in [-0.25, -0.2) is 19.3 Å². The van der Waals surface area contributed by atoms with E-state index in [0.717, 1.165) is 12.3 Å². The number of hydrogen-bond acceptors (Lipinski definition) is 5. The van der Waals surface area contributed by atoms with Crippen LogP contribution in [0.1, 0.15) is 32.7 Å². The van der Waals surface area contributed by atoms with Crippen LogP contribution in [0.4, 0.5) is 13.2 Å². The highest BCUT2D eigenvalue weighted by Gasteiger charge is 2.36. The molecule has 0 spiro atoms. The number of benzene rings is 1. The molecule has 10 heteroatoms. The van der Waals surface area contributed by atoms with Gasteiger partial charge < -0.3 is 14.9 Å². The summed E-state index contributed by atoms with van der Waals surface area (Å²) < 4.78 is 46.8. The molecule has 0 saturated carbocycles. The number of nitrogens with zero attached hydrogens (tertiary/aromatic N) is 1. The van der Waals surface area contributed by atoms with E-state index in [9.17, 15) is 22.8 Å². The number of halogens is 3. The average Bonchev–Trinajstić information content (AvgIpc) is 2.53. The number of alkyl halides is 3. The van der Waals surface area contributed by atoms with E-state index in [2.05, 4.69) is 9.72 Å². The molecule has 0 aliphatic rings. The summed E-state index contributed by atoms with van der Waals surface area (Å²) in [4.78, 5) is 25.5. The lowest BCUT2D eigenvalue weighted by molar-refractivity contribution is -0.370. The van der Waals surface area contributed by atoms with Crippen molar-refractivity contribution in [2.45, 2.75) is 12.7 Å². The lowest BCUT2D eigenvalue weighted by atomic mass is 10.2. The second-order valence-electron chi connectivity index (χ2n) is 4.61. The van der Waals surface area contributed by atoms with Crippen LogP contribution >= 0.6 is 0 Å². The Bertz CT molecular complexity index is 779. The Morgan fingerprint density at radius 2 is 1.72 bits per heavy atom. The van der Waals surface area contributed by atoms with Crippen LogP contribution in [0.2, 0.25) is 0 Å². The van der Waals surface area contributed by atoms with Gasteiger partial charge in [0, 0.05) is 11.8 Å². The van der Waals surface area contributed by atoms with E-state index in [4.69, 9.17) is 14.9 Å². The highest BCUT2D eigenvalue weighted by Crippen LogP contribution is 2.31. The first-order valence-corrected chi connectivity index (χ1v) is 6.60. The number of carbonyl (C=O) groups is 2. The van der Waals surface area contributed by atoms with Gasteiger partial charge in [-0.15, -0.1) is 13.2 Å². The lowest BCUT2D eigenvalue weighted by Crippen LogP contribution is -2.23. The third kappa shape index (κ3) is 4.91. The second kappa shape index (κ2) is 7.18. The number of pyridine rings is 1. The Kier molecular flexibility index (Phi) is 5.22. The van der Waals surface area contributed by atoms with Crippen LogP contribution in [0, 0.1) is 0 Å². The Labute approximate surface area is 138 Å². The number of hydrogen-bond donors (Lipinski definition) is 2. The van der Waals surface area contributed by atoms with Crippen molar-refractivity contribution >= 4 is 11.9 Å². The molecule has 0 aliphatic carbocycles. The monoisotopic (exact) mass is 357 g/mol. The molecule has 7 nitrogen and oxygen atoms in total. The van der Waals surface area contributed by atoms with E-state index in [0.29, 0.717) is 0 Å². The highest BCUT2D eigenvalue weighted by molar-refractivity contribution is 5.92. The number of aromatic nitrogens is 1. The number of carboxylic acids is 2. The van der Waals surface area contributed by atoms with Crippen LogP contribution in [0.5, 0.6) is 5.75 Å². The molecule has 0 amide bonds. The first kappa shape index (κ1) is 18.2. The zero-order valence-electron chi connectivity index (χ0n) is 12.2. The SMILES string of the molecule is O=C(O)c1cnc(C(=O)O)c(OC(OC(F)(F)F)c2ccccc2)c1. The summed E-state index contributed by atoms with van der Waals surface area (Å²) in [7, 11) is 0. The second-order valence-corrected chi connectivity index (χ2v) is 4.61. The van der Waals surface area contributed by atoms with Crippen molar-refractivity contribution in [3.8, 4) is 5.75 Å². The standard InChI is InChI=1S/C15H10F3NO6/c16-15(17,18)25-14(8-4-2-1-3-5-8)24-10-6-9(12(20)21)7-19-11(10)13(22)23/h1-7,14H,(H,20,21)(H,22,23). The molecule has 1 atom stereocenters. The molecule has 1 unspecified atom stereocenters. The van der Waals surface area contributed by atoms with E-state index >= 15 is 0 Å². The van der Waals surface area contributed by atoms with Crippen LogP contribution in [-0.2, 0) is 4.74 Å². The molecule has 0 fully saturated rings. The van der Waals surface area contributed by atoms with Gasteiger partial charge in [0.15, 0.2) is 11.4 Å². The van der Waals surface area contributed by atoms with E-state index in [1.54, 1.807) is 6.07 Å². The number of ether oxygens (including phenoxy) is 2. The van der Waals surface area contributed by atoms with Gasteiger partial charge in [0.2, 0.25) is 6.29 Å². The number of carboxylic acid groups (broad SMARTS) is 2. The summed E-state index contributed by atoms with van der Waals surface area (Å²) in [5.74, 6) is -3.74. The third-order valence-electron chi connectivity index (χ3n) is 2.85. The Hall–Kier alpha value is -3.14. The van der Waals surface area contributed by atoms with Gasteiger partial charge in [-0.05, 0) is 6.07 Å². The van der Waals surface area contributed by atoms with Crippen molar-refractivity contribution in [2.75, 3.05) is 0 Å². The predicted octanol–water partition coefficient (Wildman–Crippen LogP) is 3.09. The quantitative estimate of drug-likeness (QED) is 0.765. The van der Waals surface area contributed by atoms with Crippen LogP contribution < -0.4 is 4.74 Å². The van der Waals surface area contributed by atoms with E-state index in [1.165, 1.54) is 24.3 Å². The Balaban J connectivity index is 2.45. The van der Waals surface area contributed by atoms with Crippen molar-refractivity contribution in [2.24, 2.45) is 0 Å². The zero-order chi connectivity index (χ0) is 18.6. The number of rotatable bonds is 6. The zero-order valence-corrected chi connectivity index (χ0v) is 12.2. The van der Waals surface area contributed by atoms with Crippen molar-refractivity contribution in [1.82, 2.24) is 4.98 Å². The number of aromatic carboxylic acids is 2. The van der Waals surface area contributed by atoms with Gasteiger partial charge in [-0.2, -0.15) is 0 Å². The summed E-state index contributed by atoms with van der Waals surface area (Å²) in [5.41, 5.74) is -1.27. The molecular weight excluding hydrogens is 347 g/mol. The molecule has 25 heavy (non-hydrogen) atoms. The van der Waals surface area contributed by atoms with Crippen LogP contribution in [0.15, 0.2) is 42.6 Å². The lowest BCUT2D eigenvalue weighted by Gasteiger charge is -2.21. The fraction of sp³-hybridized carbons (Fsp3) is 0.133. The summed E-state index contributed by atoms with van der Waals surface area (Å²) in [5, 5.41) is 18.0. The molecule has 1 heterocycles. The predicted molar refractivity (Wildman–Crippen MR) is 75.1 cm³/mol. The molecule has 2 aromatic rings. The summed E-state index contributed by atoms with van der Waals surface area (Å²) >= 11 is 0. The molecule has 132 valence electrons. The molecule has 0 aliphatic heterocycles. The maximum atomic E-state index is 12.6. The van der Waals surface area contributed by atoms with Crippen molar-refractivity contribution < 1.29 is 42.4 Å². The summed E-state index contributed by atoms with van der Waals surface area (Å²) in [6.07, 6.45) is -6.38. The first-order valence-electron chi connectivity index (χ1n) is 6.60. The summed E-state index contributed by atoms with van der Waals surface area (Å²) in [6.45, 7) is 0. The molecule has 2 N–H and O–H groups in total. The molecule has 0 saturated heterocycles. The Morgan fingerprint density at radius 3 is 2.24 bits per heavy atom. The van der Waals surface area contributed by atoms with Crippen LogP contribution in [0.3, 0.4) is 0 Å². The van der Waals surface area contributed by atoms with Crippen molar-refractivity contribution in [1.29, 1.82) is 0 Å². The third-order valence-corrected chi connectivity index (χ3v) is 2.85. The normalized spacial score (nSPS) is 12.4. The van der Waals surface area contributed by atoms with Crippen LogP contribution in [0.25, 0.3) is 0 Å².